The van der Waals surface area contributed by atoms with Crippen molar-refractivity contribution in [3.63, 3.8) is 0 Å². The van der Waals surface area contributed by atoms with Crippen LogP contribution in [-0.2, 0) is 4.79 Å². The van der Waals surface area contributed by atoms with Gasteiger partial charge in [0.25, 0.3) is 0 Å². The highest BCUT2D eigenvalue weighted by atomic mass is 35.5. The average Bonchev–Trinajstić information content (AvgIpc) is 2.49. The lowest BCUT2D eigenvalue weighted by Crippen LogP contribution is -2.21. The Morgan fingerprint density at radius 2 is 2.07 bits per heavy atom. The summed E-state index contributed by atoms with van der Waals surface area (Å²) in [6, 6.07) is 7.71. The Morgan fingerprint density at radius 3 is 2.60 bits per heavy atom. The van der Waals surface area contributed by atoms with Crippen molar-refractivity contribution < 1.29 is 4.79 Å². The summed E-state index contributed by atoms with van der Waals surface area (Å²) in [5.41, 5.74) is 1.85. The fourth-order valence-corrected chi connectivity index (χ4v) is 1.80. The van der Waals surface area contributed by atoms with Crippen LogP contribution < -0.4 is 5.32 Å². The van der Waals surface area contributed by atoms with Crippen LogP contribution in [0.15, 0.2) is 29.8 Å². The molecule has 1 atom stereocenters. The number of hydrogen-bond acceptors (Lipinski definition) is 1. The molecule has 0 aliphatic carbocycles. The molecule has 1 unspecified atom stereocenters. The van der Waals surface area contributed by atoms with E-state index in [4.69, 9.17) is 11.6 Å². The molecular weight excluding hydrogens is 210 g/mol. The van der Waals surface area contributed by atoms with Crippen LogP contribution in [0.25, 0.3) is 6.08 Å². The van der Waals surface area contributed by atoms with Crippen LogP contribution >= 0.6 is 11.6 Å². The van der Waals surface area contributed by atoms with E-state index in [0.29, 0.717) is 5.02 Å². The van der Waals surface area contributed by atoms with Crippen molar-refractivity contribution in [1.82, 2.24) is 5.32 Å². The molecule has 1 amide bonds. The molecule has 0 radical (unpaired) electrons. The fraction of sp³-hybridized carbons (Fsp3) is 0.250. The molecule has 2 nitrogen and oxygen atoms in total. The Bertz CT molecular complexity index is 408. The predicted molar refractivity (Wildman–Crippen MR) is 61.7 cm³/mol. The minimum Gasteiger partial charge on any atom is -0.350 e. The smallest absolute Gasteiger partial charge is 0.247 e. The van der Waals surface area contributed by atoms with E-state index in [0.717, 1.165) is 17.6 Å². The zero-order valence-electron chi connectivity index (χ0n) is 8.46. The lowest BCUT2D eigenvalue weighted by atomic mass is 10.1. The number of benzene rings is 1. The second kappa shape index (κ2) is 4.07. The average molecular weight is 222 g/mol. The van der Waals surface area contributed by atoms with Crippen LogP contribution in [0.1, 0.15) is 18.9 Å². The summed E-state index contributed by atoms with van der Waals surface area (Å²) >= 11 is 5.78. The van der Waals surface area contributed by atoms with Crippen molar-refractivity contribution in [2.24, 2.45) is 0 Å². The molecule has 1 heterocycles. The third-order valence-electron chi connectivity index (χ3n) is 2.41. The van der Waals surface area contributed by atoms with Gasteiger partial charge in [0.2, 0.25) is 5.91 Å². The Labute approximate surface area is 93.9 Å². The van der Waals surface area contributed by atoms with E-state index in [1.165, 1.54) is 0 Å². The zero-order valence-corrected chi connectivity index (χ0v) is 9.21. The van der Waals surface area contributed by atoms with Gasteiger partial charge in [-0.2, -0.15) is 0 Å². The summed E-state index contributed by atoms with van der Waals surface area (Å²) in [6.45, 7) is 2.00. The molecule has 1 fully saturated rings. The van der Waals surface area contributed by atoms with Crippen molar-refractivity contribution in [1.29, 1.82) is 0 Å². The molecule has 2 rings (SSSR count). The van der Waals surface area contributed by atoms with Gasteiger partial charge in [-0.1, -0.05) is 23.7 Å². The van der Waals surface area contributed by atoms with Gasteiger partial charge in [-0.25, -0.2) is 0 Å². The molecule has 1 aliphatic rings. The summed E-state index contributed by atoms with van der Waals surface area (Å²) < 4.78 is 0. The quantitative estimate of drug-likeness (QED) is 0.726. The lowest BCUT2D eigenvalue weighted by Gasteiger charge is -1.96. The van der Waals surface area contributed by atoms with Gasteiger partial charge in [0.15, 0.2) is 0 Å². The van der Waals surface area contributed by atoms with Crippen LogP contribution in [0.3, 0.4) is 0 Å². The molecule has 1 saturated heterocycles. The maximum atomic E-state index is 11.5. The molecular formula is C12H12ClNO. The van der Waals surface area contributed by atoms with Gasteiger partial charge in [0, 0.05) is 16.6 Å². The highest BCUT2D eigenvalue weighted by Crippen LogP contribution is 2.18. The summed E-state index contributed by atoms with van der Waals surface area (Å²) in [4.78, 5) is 11.5. The Balaban J connectivity index is 2.23. The van der Waals surface area contributed by atoms with E-state index in [2.05, 4.69) is 5.32 Å². The van der Waals surface area contributed by atoms with Crippen LogP contribution in [0.5, 0.6) is 0 Å². The summed E-state index contributed by atoms with van der Waals surface area (Å²) in [5.74, 6) is 0.0393. The molecule has 1 aliphatic heterocycles. The van der Waals surface area contributed by atoms with Gasteiger partial charge in [0.1, 0.15) is 0 Å². The van der Waals surface area contributed by atoms with Crippen molar-refractivity contribution in [2.75, 3.05) is 0 Å². The third kappa shape index (κ3) is 2.39. The first-order valence-corrected chi connectivity index (χ1v) is 5.30. The molecule has 15 heavy (non-hydrogen) atoms. The Hall–Kier alpha value is -1.28. The molecule has 1 aromatic carbocycles. The van der Waals surface area contributed by atoms with Gasteiger partial charge >= 0.3 is 0 Å². The Morgan fingerprint density at radius 1 is 1.40 bits per heavy atom. The first-order valence-electron chi connectivity index (χ1n) is 4.92. The van der Waals surface area contributed by atoms with Crippen molar-refractivity contribution >= 4 is 23.6 Å². The minimum atomic E-state index is 0.0393. The monoisotopic (exact) mass is 221 g/mol. The number of halogens is 1. The standard InChI is InChI=1S/C12H12ClNO/c1-8-6-10(12(15)14-8)7-9-2-4-11(13)5-3-9/h2-5,7-8H,6H2,1H3,(H,14,15)/b10-7+. The van der Waals surface area contributed by atoms with Crippen molar-refractivity contribution in [2.45, 2.75) is 19.4 Å². The van der Waals surface area contributed by atoms with Crippen LogP contribution in [0, 0.1) is 0 Å². The number of nitrogens with one attached hydrogen (secondary N) is 1. The molecule has 1 aromatic rings. The van der Waals surface area contributed by atoms with E-state index in [-0.39, 0.29) is 11.9 Å². The molecule has 78 valence electrons. The summed E-state index contributed by atoms with van der Waals surface area (Å²) in [7, 11) is 0. The molecule has 0 saturated carbocycles. The SMILES string of the molecule is CC1C/C(=C\c2ccc(Cl)cc2)C(=O)N1. The van der Waals surface area contributed by atoms with Crippen LogP contribution in [0.2, 0.25) is 5.02 Å². The first-order chi connectivity index (χ1) is 7.15. The molecule has 0 bridgehead atoms. The van der Waals surface area contributed by atoms with Crippen LogP contribution in [0.4, 0.5) is 0 Å². The third-order valence-corrected chi connectivity index (χ3v) is 2.66. The normalized spacial score (nSPS) is 23.2. The Kier molecular flexibility index (Phi) is 2.78. The van der Waals surface area contributed by atoms with E-state index < -0.39 is 0 Å². The number of amides is 1. The maximum absolute atomic E-state index is 11.5. The highest BCUT2D eigenvalue weighted by molar-refractivity contribution is 6.30. The van der Waals surface area contributed by atoms with Gasteiger partial charge < -0.3 is 5.32 Å². The first kappa shape index (κ1) is 10.2. The predicted octanol–water partition coefficient (Wildman–Crippen LogP) is 2.63. The second-order valence-electron chi connectivity index (χ2n) is 3.80. The maximum Gasteiger partial charge on any atom is 0.247 e. The minimum absolute atomic E-state index is 0.0393. The summed E-state index contributed by atoms with van der Waals surface area (Å²) in [6.07, 6.45) is 2.70. The summed E-state index contributed by atoms with van der Waals surface area (Å²) in [5, 5.41) is 3.57. The topological polar surface area (TPSA) is 29.1 Å². The highest BCUT2D eigenvalue weighted by Gasteiger charge is 2.22. The number of rotatable bonds is 1. The van der Waals surface area contributed by atoms with Crippen molar-refractivity contribution in [3.05, 3.63) is 40.4 Å². The lowest BCUT2D eigenvalue weighted by molar-refractivity contribution is -0.116. The molecule has 1 N–H and O–H groups in total. The molecule has 0 aromatic heterocycles. The number of carbonyl (C=O) groups excluding carboxylic acids is 1. The molecule has 0 spiro atoms. The van der Waals surface area contributed by atoms with E-state index >= 15 is 0 Å². The van der Waals surface area contributed by atoms with Gasteiger partial charge in [-0.05, 0) is 37.1 Å². The van der Waals surface area contributed by atoms with Gasteiger partial charge in [-0.3, -0.25) is 4.79 Å². The number of carbonyl (C=O) groups is 1. The fourth-order valence-electron chi connectivity index (χ4n) is 1.67. The van der Waals surface area contributed by atoms with Crippen LogP contribution in [-0.4, -0.2) is 11.9 Å². The van der Waals surface area contributed by atoms with E-state index in [9.17, 15) is 4.79 Å². The molecule has 3 heteroatoms. The largest absolute Gasteiger partial charge is 0.350 e. The van der Waals surface area contributed by atoms with Gasteiger partial charge in [0.05, 0.1) is 0 Å². The van der Waals surface area contributed by atoms with E-state index in [1.54, 1.807) is 0 Å². The van der Waals surface area contributed by atoms with Gasteiger partial charge in [-0.15, -0.1) is 0 Å². The van der Waals surface area contributed by atoms with E-state index in [1.807, 2.05) is 37.3 Å². The number of hydrogen-bond donors (Lipinski definition) is 1. The van der Waals surface area contributed by atoms with Crippen molar-refractivity contribution in [3.8, 4) is 0 Å². The second-order valence-corrected chi connectivity index (χ2v) is 4.24. The zero-order chi connectivity index (χ0) is 10.8.